The molecule has 0 bridgehead atoms. The van der Waals surface area contributed by atoms with Gasteiger partial charge in [-0.3, -0.25) is 4.79 Å². The lowest BCUT2D eigenvalue weighted by Gasteiger charge is -2.45. The smallest absolute Gasteiger partial charge is 0.408 e. The van der Waals surface area contributed by atoms with Crippen molar-refractivity contribution in [2.45, 2.75) is 57.7 Å². The lowest BCUT2D eigenvalue weighted by molar-refractivity contribution is -0.160. The average Bonchev–Trinajstić information content (AvgIpc) is 3.07. The van der Waals surface area contributed by atoms with Crippen molar-refractivity contribution in [1.29, 1.82) is 0 Å². The Morgan fingerprint density at radius 1 is 0.892 bits per heavy atom. The van der Waals surface area contributed by atoms with Gasteiger partial charge in [-0.2, -0.15) is 0 Å². The summed E-state index contributed by atoms with van der Waals surface area (Å²) in [4.78, 5) is 26.4. The van der Waals surface area contributed by atoms with Crippen molar-refractivity contribution in [3.8, 4) is 0 Å². The topological polar surface area (TPSA) is 67.9 Å². The van der Waals surface area contributed by atoms with Gasteiger partial charge in [0.1, 0.15) is 12.6 Å². The molecule has 0 saturated carbocycles. The highest BCUT2D eigenvalue weighted by Gasteiger charge is 2.53. The van der Waals surface area contributed by atoms with Gasteiger partial charge in [-0.25, -0.2) is 9.86 Å². The Morgan fingerprint density at radius 3 is 1.97 bits per heavy atom. The van der Waals surface area contributed by atoms with Gasteiger partial charge in [0, 0.05) is 6.54 Å². The SMILES string of the molecule is CC(C)(C)[Si](ON1CCCC[C@H](NC(=O)OCc2ccccc2)C1=O)(c1ccccc1)c1ccccc1. The van der Waals surface area contributed by atoms with Crippen molar-refractivity contribution in [3.63, 3.8) is 0 Å². The van der Waals surface area contributed by atoms with Crippen LogP contribution in [-0.2, 0) is 20.7 Å². The Kier molecular flexibility index (Phi) is 8.46. The summed E-state index contributed by atoms with van der Waals surface area (Å²) in [6.07, 6.45) is 1.53. The number of hydroxylamine groups is 2. The molecule has 1 atom stereocenters. The highest BCUT2D eigenvalue weighted by atomic mass is 28.4. The second-order valence-electron chi connectivity index (χ2n) is 10.4. The van der Waals surface area contributed by atoms with E-state index in [1.165, 1.54) is 5.06 Å². The van der Waals surface area contributed by atoms with Crippen molar-refractivity contribution in [1.82, 2.24) is 10.4 Å². The maximum Gasteiger partial charge on any atom is 0.408 e. The maximum atomic E-state index is 13.8. The van der Waals surface area contributed by atoms with E-state index in [1.807, 2.05) is 66.7 Å². The van der Waals surface area contributed by atoms with E-state index in [-0.39, 0.29) is 17.6 Å². The molecule has 1 aliphatic heterocycles. The van der Waals surface area contributed by atoms with E-state index >= 15 is 0 Å². The molecule has 1 aliphatic rings. The van der Waals surface area contributed by atoms with Crippen LogP contribution in [0.5, 0.6) is 0 Å². The minimum atomic E-state index is -2.97. The van der Waals surface area contributed by atoms with Crippen molar-refractivity contribution in [2.24, 2.45) is 0 Å². The lowest BCUT2D eigenvalue weighted by atomic mass is 10.1. The molecule has 37 heavy (non-hydrogen) atoms. The van der Waals surface area contributed by atoms with E-state index in [2.05, 4.69) is 50.4 Å². The molecular weight excluding hydrogens is 480 g/mol. The molecule has 3 aromatic carbocycles. The standard InChI is InChI=1S/C30H36N2O4Si/c1-30(2,3)37(25-17-9-5-10-18-25,26-19-11-6-12-20-26)36-32-22-14-13-21-27(28(32)33)31-29(34)35-23-24-15-7-4-8-16-24/h4-12,15-20,27H,13-14,21-23H2,1-3H3,(H,31,34)/t27-/m0/s1. The van der Waals surface area contributed by atoms with Crippen molar-refractivity contribution >= 4 is 30.7 Å². The number of hydrogen-bond acceptors (Lipinski definition) is 4. The molecule has 7 heteroatoms. The van der Waals surface area contributed by atoms with Gasteiger partial charge in [0.05, 0.1) is 0 Å². The fourth-order valence-corrected chi connectivity index (χ4v) is 9.31. The maximum absolute atomic E-state index is 13.8. The minimum Gasteiger partial charge on any atom is -0.445 e. The van der Waals surface area contributed by atoms with Crippen LogP contribution in [0.2, 0.25) is 5.04 Å². The first kappa shape index (κ1) is 26.6. The second-order valence-corrected chi connectivity index (χ2v) is 14.6. The van der Waals surface area contributed by atoms with Gasteiger partial charge >= 0.3 is 6.09 Å². The number of rotatable bonds is 7. The molecule has 0 radical (unpaired) electrons. The number of nitrogens with zero attached hydrogens (tertiary/aromatic N) is 1. The van der Waals surface area contributed by atoms with E-state index in [1.54, 1.807) is 0 Å². The third-order valence-electron chi connectivity index (χ3n) is 6.82. The van der Waals surface area contributed by atoms with Crippen LogP contribution in [0.25, 0.3) is 0 Å². The summed E-state index contributed by atoms with van der Waals surface area (Å²) in [5.41, 5.74) is 0.890. The van der Waals surface area contributed by atoms with Gasteiger partial charge in [0.25, 0.3) is 14.2 Å². The van der Waals surface area contributed by atoms with Crippen LogP contribution in [0, 0.1) is 0 Å². The molecule has 4 rings (SSSR count). The van der Waals surface area contributed by atoms with Gasteiger partial charge in [0.2, 0.25) is 0 Å². The quantitative estimate of drug-likeness (QED) is 0.459. The number of benzene rings is 3. The molecule has 1 saturated heterocycles. The molecule has 1 heterocycles. The van der Waals surface area contributed by atoms with Crippen molar-refractivity contribution in [2.75, 3.05) is 6.54 Å². The van der Waals surface area contributed by atoms with Crippen LogP contribution in [0.1, 0.15) is 45.6 Å². The summed E-state index contributed by atoms with van der Waals surface area (Å²) in [6.45, 7) is 7.16. The zero-order valence-electron chi connectivity index (χ0n) is 21.9. The largest absolute Gasteiger partial charge is 0.445 e. The van der Waals surface area contributed by atoms with Crippen molar-refractivity contribution in [3.05, 3.63) is 96.6 Å². The third-order valence-corrected chi connectivity index (χ3v) is 11.7. The Hall–Kier alpha value is -3.42. The first-order valence-electron chi connectivity index (χ1n) is 12.9. The summed E-state index contributed by atoms with van der Waals surface area (Å²) in [6, 6.07) is 29.3. The van der Waals surface area contributed by atoms with E-state index in [0.717, 1.165) is 28.8 Å². The lowest BCUT2D eigenvalue weighted by Crippen LogP contribution is -2.69. The van der Waals surface area contributed by atoms with Gasteiger partial charge in [-0.05, 0) is 40.2 Å². The van der Waals surface area contributed by atoms with E-state index in [4.69, 9.17) is 9.26 Å². The molecule has 194 valence electrons. The van der Waals surface area contributed by atoms with Gasteiger partial charge in [-0.1, -0.05) is 112 Å². The summed E-state index contributed by atoms with van der Waals surface area (Å²) in [5.74, 6) is -0.234. The van der Waals surface area contributed by atoms with Crippen LogP contribution >= 0.6 is 0 Å². The second kappa shape index (κ2) is 11.8. The predicted octanol–water partition coefficient (Wildman–Crippen LogP) is 4.79. The average molecular weight is 517 g/mol. The van der Waals surface area contributed by atoms with Crippen molar-refractivity contribution < 1.29 is 18.9 Å². The monoisotopic (exact) mass is 516 g/mol. The molecule has 1 N–H and O–H groups in total. The fraction of sp³-hybridized carbons (Fsp3) is 0.333. The van der Waals surface area contributed by atoms with Crippen LogP contribution in [0.15, 0.2) is 91.0 Å². The highest BCUT2D eigenvalue weighted by Crippen LogP contribution is 2.37. The summed E-state index contributed by atoms with van der Waals surface area (Å²) in [5, 5.41) is 6.23. The first-order valence-corrected chi connectivity index (χ1v) is 14.8. The fourth-order valence-electron chi connectivity index (χ4n) is 4.93. The van der Waals surface area contributed by atoms with E-state index in [9.17, 15) is 9.59 Å². The molecule has 2 amide bonds. The third kappa shape index (κ3) is 6.11. The molecule has 0 aromatic heterocycles. The number of amides is 2. The Balaban J connectivity index is 1.59. The van der Waals surface area contributed by atoms with Crippen LogP contribution in [-0.4, -0.2) is 38.0 Å². The number of nitrogens with one attached hydrogen (secondary N) is 1. The number of ether oxygens (including phenoxy) is 1. The number of carbonyl (C=O) groups is 2. The van der Waals surface area contributed by atoms with Crippen LogP contribution in [0.4, 0.5) is 4.79 Å². The number of hydrogen-bond donors (Lipinski definition) is 1. The summed E-state index contributed by atoms with van der Waals surface area (Å²) in [7, 11) is -2.97. The van der Waals surface area contributed by atoms with E-state index < -0.39 is 20.5 Å². The summed E-state index contributed by atoms with van der Waals surface area (Å²) >= 11 is 0. The van der Waals surface area contributed by atoms with Crippen LogP contribution < -0.4 is 15.7 Å². The zero-order valence-corrected chi connectivity index (χ0v) is 22.9. The molecule has 1 fully saturated rings. The normalized spacial score (nSPS) is 16.7. The Labute approximate surface area is 220 Å². The highest BCUT2D eigenvalue weighted by molar-refractivity contribution is 6.99. The van der Waals surface area contributed by atoms with E-state index in [0.29, 0.717) is 13.0 Å². The van der Waals surface area contributed by atoms with Crippen LogP contribution in [0.3, 0.4) is 0 Å². The number of carbonyl (C=O) groups excluding carboxylic acids is 2. The van der Waals surface area contributed by atoms with Gasteiger partial charge in [-0.15, -0.1) is 0 Å². The first-order chi connectivity index (χ1) is 17.8. The molecule has 0 aliphatic carbocycles. The van der Waals surface area contributed by atoms with Gasteiger partial charge < -0.3 is 14.6 Å². The molecular formula is C30H36N2O4Si. The minimum absolute atomic E-state index is 0.149. The number of alkyl carbamates (subject to hydrolysis) is 1. The molecule has 0 unspecified atom stereocenters. The summed E-state index contributed by atoms with van der Waals surface area (Å²) < 4.78 is 12.4. The molecule has 0 spiro atoms. The van der Waals surface area contributed by atoms with Gasteiger partial charge in [0.15, 0.2) is 0 Å². The molecule has 3 aromatic rings. The molecule has 6 nitrogen and oxygen atoms in total. The Morgan fingerprint density at radius 2 is 1.43 bits per heavy atom. The predicted molar refractivity (Wildman–Crippen MR) is 148 cm³/mol. The zero-order chi connectivity index (χ0) is 26.3. The Bertz CT molecular complexity index is 1130.